The fraction of sp³-hybridized carbons (Fsp3) is 0.375. The molecule has 1 aromatic carbocycles. The van der Waals surface area contributed by atoms with Gasteiger partial charge in [0.15, 0.2) is 0 Å². The molecule has 1 unspecified atom stereocenters. The number of rotatable bonds is 7. The van der Waals surface area contributed by atoms with Gasteiger partial charge in [0.25, 0.3) is 0 Å². The van der Waals surface area contributed by atoms with Crippen LogP contribution < -0.4 is 10.6 Å². The second kappa shape index (κ2) is 7.59. The van der Waals surface area contributed by atoms with Crippen LogP contribution in [0.5, 0.6) is 0 Å². The minimum Gasteiger partial charge on any atom is -0.326 e. The molecule has 5 heteroatoms. The van der Waals surface area contributed by atoms with Gasteiger partial charge in [0.05, 0.1) is 12.7 Å². The molecule has 112 valence electrons. The summed E-state index contributed by atoms with van der Waals surface area (Å²) in [4.78, 5) is 11.9. The van der Waals surface area contributed by atoms with Crippen LogP contribution in [0, 0.1) is 6.92 Å². The number of nitrogens with zero attached hydrogens (tertiary/aromatic N) is 2. The molecule has 0 bridgehead atoms. The lowest BCUT2D eigenvalue weighted by molar-refractivity contribution is -0.116. The number of carbonyl (C=O) groups excluding carboxylic acids is 1. The van der Waals surface area contributed by atoms with Gasteiger partial charge in [0, 0.05) is 30.9 Å². The largest absolute Gasteiger partial charge is 0.326 e. The van der Waals surface area contributed by atoms with Gasteiger partial charge in [-0.2, -0.15) is 5.10 Å². The highest BCUT2D eigenvalue weighted by Gasteiger charge is 2.08. The van der Waals surface area contributed by atoms with Crippen LogP contribution in [0.1, 0.15) is 18.9 Å². The molecular formula is C16H22N4O. The molecule has 2 aromatic rings. The number of para-hydroxylation sites is 1. The molecule has 0 spiro atoms. The molecule has 0 aliphatic carbocycles. The molecule has 0 saturated heterocycles. The van der Waals surface area contributed by atoms with Gasteiger partial charge in [-0.25, -0.2) is 0 Å². The molecular weight excluding hydrogens is 264 g/mol. The van der Waals surface area contributed by atoms with Crippen LogP contribution >= 0.6 is 0 Å². The first-order valence-corrected chi connectivity index (χ1v) is 7.21. The van der Waals surface area contributed by atoms with Gasteiger partial charge in [-0.3, -0.25) is 9.48 Å². The number of aryl methyl sites for hydroxylation is 1. The van der Waals surface area contributed by atoms with Crippen LogP contribution in [0.15, 0.2) is 42.7 Å². The highest BCUT2D eigenvalue weighted by molar-refractivity contribution is 5.90. The van der Waals surface area contributed by atoms with E-state index in [0.717, 1.165) is 24.3 Å². The zero-order valence-corrected chi connectivity index (χ0v) is 12.5. The van der Waals surface area contributed by atoms with Gasteiger partial charge >= 0.3 is 0 Å². The number of aromatic nitrogens is 2. The highest BCUT2D eigenvalue weighted by Crippen LogP contribution is 2.06. The lowest BCUT2D eigenvalue weighted by Crippen LogP contribution is -2.33. The first-order valence-electron chi connectivity index (χ1n) is 7.21. The van der Waals surface area contributed by atoms with Crippen LogP contribution in [0.4, 0.5) is 5.69 Å². The van der Waals surface area contributed by atoms with Crippen molar-refractivity contribution in [3.63, 3.8) is 0 Å². The predicted molar refractivity (Wildman–Crippen MR) is 84.1 cm³/mol. The van der Waals surface area contributed by atoms with Crippen LogP contribution in [0.25, 0.3) is 0 Å². The van der Waals surface area contributed by atoms with Crippen molar-refractivity contribution < 1.29 is 4.79 Å². The van der Waals surface area contributed by atoms with Crippen LogP contribution in [0.2, 0.25) is 0 Å². The van der Waals surface area contributed by atoms with Gasteiger partial charge in [0.1, 0.15) is 0 Å². The molecule has 2 rings (SSSR count). The Morgan fingerprint density at radius 2 is 2.10 bits per heavy atom. The number of carbonyl (C=O) groups is 1. The topological polar surface area (TPSA) is 59.0 Å². The van der Waals surface area contributed by atoms with Crippen molar-refractivity contribution in [1.29, 1.82) is 0 Å². The molecule has 1 aromatic heterocycles. The van der Waals surface area contributed by atoms with Crippen molar-refractivity contribution in [2.75, 3.05) is 11.9 Å². The fourth-order valence-electron chi connectivity index (χ4n) is 2.10. The molecule has 0 aliphatic rings. The average Bonchev–Trinajstić information content (AvgIpc) is 2.85. The number of anilines is 1. The van der Waals surface area contributed by atoms with Gasteiger partial charge in [-0.1, -0.05) is 18.2 Å². The molecule has 0 saturated carbocycles. The maximum absolute atomic E-state index is 11.9. The third-order valence-electron chi connectivity index (χ3n) is 3.15. The number of hydrogen-bond donors (Lipinski definition) is 2. The summed E-state index contributed by atoms with van der Waals surface area (Å²) in [6.07, 6.45) is 4.30. The Bertz CT molecular complexity index is 565. The normalized spacial score (nSPS) is 12.1. The van der Waals surface area contributed by atoms with E-state index in [9.17, 15) is 4.79 Å². The zero-order valence-electron chi connectivity index (χ0n) is 12.5. The molecule has 1 atom stereocenters. The summed E-state index contributed by atoms with van der Waals surface area (Å²) < 4.78 is 1.90. The van der Waals surface area contributed by atoms with Crippen LogP contribution in [0.3, 0.4) is 0 Å². The maximum Gasteiger partial charge on any atom is 0.225 e. The Hall–Kier alpha value is -2.14. The molecule has 0 aliphatic heterocycles. The van der Waals surface area contributed by atoms with E-state index in [1.807, 2.05) is 61.3 Å². The van der Waals surface area contributed by atoms with Crippen molar-refractivity contribution in [3.8, 4) is 0 Å². The summed E-state index contributed by atoms with van der Waals surface area (Å²) in [6.45, 7) is 5.63. The third-order valence-corrected chi connectivity index (χ3v) is 3.15. The van der Waals surface area contributed by atoms with E-state index in [4.69, 9.17) is 0 Å². The molecule has 21 heavy (non-hydrogen) atoms. The molecule has 1 heterocycles. The van der Waals surface area contributed by atoms with Crippen molar-refractivity contribution >= 4 is 11.6 Å². The van der Waals surface area contributed by atoms with Gasteiger partial charge in [0.2, 0.25) is 5.91 Å². The van der Waals surface area contributed by atoms with Crippen LogP contribution in [-0.4, -0.2) is 28.3 Å². The first-order chi connectivity index (χ1) is 10.1. The van der Waals surface area contributed by atoms with Gasteiger partial charge < -0.3 is 10.6 Å². The second-order valence-corrected chi connectivity index (χ2v) is 5.25. The molecule has 0 fully saturated rings. The number of nitrogens with one attached hydrogen (secondary N) is 2. The van der Waals surface area contributed by atoms with Gasteiger partial charge in [-0.05, 0) is 31.5 Å². The van der Waals surface area contributed by atoms with E-state index in [0.29, 0.717) is 6.42 Å². The first kappa shape index (κ1) is 15.3. The zero-order chi connectivity index (χ0) is 15.1. The standard InChI is InChI=1S/C16H22N4O/c1-13-11-18-20(12-13)9-8-17-14(2)10-16(21)19-15-6-4-3-5-7-15/h3-7,11-12,14,17H,8-10H2,1-2H3,(H,19,21). The Morgan fingerprint density at radius 3 is 2.76 bits per heavy atom. The van der Waals surface area contributed by atoms with E-state index < -0.39 is 0 Å². The smallest absolute Gasteiger partial charge is 0.225 e. The molecule has 1 amide bonds. The average molecular weight is 286 g/mol. The summed E-state index contributed by atoms with van der Waals surface area (Å²) in [5, 5.41) is 10.4. The Kier molecular flexibility index (Phi) is 5.51. The fourth-order valence-corrected chi connectivity index (χ4v) is 2.10. The van der Waals surface area contributed by atoms with Crippen molar-refractivity contribution in [2.45, 2.75) is 32.9 Å². The summed E-state index contributed by atoms with van der Waals surface area (Å²) >= 11 is 0. The maximum atomic E-state index is 11.9. The SMILES string of the molecule is Cc1cnn(CCNC(C)CC(=O)Nc2ccccc2)c1. The van der Waals surface area contributed by atoms with Crippen molar-refractivity contribution in [1.82, 2.24) is 15.1 Å². The lowest BCUT2D eigenvalue weighted by atomic mass is 10.2. The Labute approximate surface area is 125 Å². The summed E-state index contributed by atoms with van der Waals surface area (Å²) in [5.74, 6) is 0.0242. The lowest BCUT2D eigenvalue weighted by Gasteiger charge is -2.13. The van der Waals surface area contributed by atoms with Crippen LogP contribution in [-0.2, 0) is 11.3 Å². The predicted octanol–water partition coefficient (Wildman–Crippen LogP) is 2.20. The molecule has 2 N–H and O–H groups in total. The number of amides is 1. The van der Waals surface area contributed by atoms with E-state index in [-0.39, 0.29) is 11.9 Å². The summed E-state index contributed by atoms with van der Waals surface area (Å²) in [5.41, 5.74) is 1.99. The molecule has 5 nitrogen and oxygen atoms in total. The Morgan fingerprint density at radius 1 is 1.33 bits per heavy atom. The van der Waals surface area contributed by atoms with Gasteiger partial charge in [-0.15, -0.1) is 0 Å². The third kappa shape index (κ3) is 5.39. The van der Waals surface area contributed by atoms with Crippen molar-refractivity contribution in [2.24, 2.45) is 0 Å². The summed E-state index contributed by atoms with van der Waals surface area (Å²) in [6, 6.07) is 9.64. The minimum atomic E-state index is 0.0242. The van der Waals surface area contributed by atoms with E-state index >= 15 is 0 Å². The minimum absolute atomic E-state index is 0.0242. The van der Waals surface area contributed by atoms with E-state index in [1.165, 1.54) is 0 Å². The molecule has 0 radical (unpaired) electrons. The second-order valence-electron chi connectivity index (χ2n) is 5.25. The quantitative estimate of drug-likeness (QED) is 0.820. The summed E-state index contributed by atoms with van der Waals surface area (Å²) in [7, 11) is 0. The number of hydrogen-bond acceptors (Lipinski definition) is 3. The van der Waals surface area contributed by atoms with E-state index in [2.05, 4.69) is 15.7 Å². The van der Waals surface area contributed by atoms with E-state index in [1.54, 1.807) is 0 Å². The highest BCUT2D eigenvalue weighted by atomic mass is 16.1. The monoisotopic (exact) mass is 286 g/mol. The number of benzene rings is 1. The Balaban J connectivity index is 1.67. The van der Waals surface area contributed by atoms with Crippen molar-refractivity contribution in [3.05, 3.63) is 48.3 Å².